The molecule has 0 unspecified atom stereocenters. The smallest absolute Gasteiger partial charge is 0.251 e. The van der Waals surface area contributed by atoms with E-state index in [1.807, 2.05) is 61.5 Å². The first-order valence-electron chi connectivity index (χ1n) is 7.45. The highest BCUT2D eigenvalue weighted by Crippen LogP contribution is 2.16. The molecule has 116 valence electrons. The van der Waals surface area contributed by atoms with E-state index in [1.165, 1.54) is 0 Å². The van der Waals surface area contributed by atoms with Gasteiger partial charge in [0.15, 0.2) is 0 Å². The first kappa shape index (κ1) is 15.0. The third kappa shape index (κ3) is 3.63. The second kappa shape index (κ2) is 6.87. The zero-order valence-electron chi connectivity index (χ0n) is 12.8. The lowest BCUT2D eigenvalue weighted by Crippen LogP contribution is -2.26. The number of nitrogens with one attached hydrogen (secondary N) is 1. The molecule has 0 spiro atoms. The van der Waals surface area contributed by atoms with Crippen molar-refractivity contribution in [3.63, 3.8) is 0 Å². The Kier molecular flexibility index (Phi) is 4.47. The molecule has 5 nitrogen and oxygen atoms in total. The second-order valence-electron chi connectivity index (χ2n) is 5.19. The summed E-state index contributed by atoms with van der Waals surface area (Å²) in [6.45, 7) is 2.36. The molecular weight excluding hydrogens is 290 g/mol. The van der Waals surface area contributed by atoms with Crippen molar-refractivity contribution in [1.29, 1.82) is 0 Å². The lowest BCUT2D eigenvalue weighted by molar-refractivity contribution is 0.0953. The molecule has 0 fully saturated rings. The highest BCUT2D eigenvalue weighted by molar-refractivity contribution is 5.95. The molecule has 0 aliphatic carbocycles. The zero-order chi connectivity index (χ0) is 16.1. The van der Waals surface area contributed by atoms with Crippen molar-refractivity contribution >= 4 is 5.91 Å². The summed E-state index contributed by atoms with van der Waals surface area (Å²) >= 11 is 0. The lowest BCUT2D eigenvalue weighted by Gasteiger charge is -2.06. The van der Waals surface area contributed by atoms with Crippen LogP contribution in [0.25, 0.3) is 11.5 Å². The highest BCUT2D eigenvalue weighted by atomic mass is 16.4. The van der Waals surface area contributed by atoms with Crippen LogP contribution in [0.3, 0.4) is 0 Å². The minimum Gasteiger partial charge on any atom is -0.421 e. The maximum atomic E-state index is 12.1. The summed E-state index contributed by atoms with van der Waals surface area (Å²) in [5, 5.41) is 10.9. The summed E-state index contributed by atoms with van der Waals surface area (Å²) in [6, 6.07) is 17.1. The van der Waals surface area contributed by atoms with Crippen molar-refractivity contribution in [2.45, 2.75) is 13.3 Å². The first-order valence-corrected chi connectivity index (χ1v) is 7.45. The van der Waals surface area contributed by atoms with Crippen molar-refractivity contribution in [1.82, 2.24) is 15.5 Å². The van der Waals surface area contributed by atoms with Gasteiger partial charge in [0.25, 0.3) is 5.91 Å². The fraction of sp³-hybridized carbons (Fsp3) is 0.167. The van der Waals surface area contributed by atoms with E-state index in [0.29, 0.717) is 30.3 Å². The van der Waals surface area contributed by atoms with Gasteiger partial charge in [0, 0.05) is 24.1 Å². The van der Waals surface area contributed by atoms with E-state index in [9.17, 15) is 4.79 Å². The molecule has 0 radical (unpaired) electrons. The molecule has 1 N–H and O–H groups in total. The molecule has 1 heterocycles. The number of benzene rings is 2. The van der Waals surface area contributed by atoms with Gasteiger partial charge in [0.2, 0.25) is 11.8 Å². The Morgan fingerprint density at radius 2 is 1.78 bits per heavy atom. The van der Waals surface area contributed by atoms with Crippen molar-refractivity contribution in [2.75, 3.05) is 6.54 Å². The zero-order valence-corrected chi connectivity index (χ0v) is 12.8. The second-order valence-corrected chi connectivity index (χ2v) is 5.19. The Labute approximate surface area is 134 Å². The summed E-state index contributed by atoms with van der Waals surface area (Å²) in [5.41, 5.74) is 2.52. The van der Waals surface area contributed by atoms with E-state index in [2.05, 4.69) is 15.5 Å². The minimum atomic E-state index is -0.0918. The van der Waals surface area contributed by atoms with Crippen LogP contribution in [-0.4, -0.2) is 22.6 Å². The Hall–Kier alpha value is -2.95. The predicted molar refractivity (Wildman–Crippen MR) is 87.0 cm³/mol. The van der Waals surface area contributed by atoms with Gasteiger partial charge in [-0.25, -0.2) is 0 Å². The van der Waals surface area contributed by atoms with Crippen LogP contribution in [0.4, 0.5) is 0 Å². The minimum absolute atomic E-state index is 0.0918. The molecule has 0 aliphatic heterocycles. The Morgan fingerprint density at radius 1 is 1.04 bits per heavy atom. The highest BCUT2D eigenvalue weighted by Gasteiger charge is 2.10. The van der Waals surface area contributed by atoms with Crippen molar-refractivity contribution < 1.29 is 9.21 Å². The van der Waals surface area contributed by atoms with Crippen LogP contribution in [0.2, 0.25) is 0 Å². The van der Waals surface area contributed by atoms with Crippen LogP contribution in [0.1, 0.15) is 21.8 Å². The van der Waals surface area contributed by atoms with Crippen LogP contribution >= 0.6 is 0 Å². The van der Waals surface area contributed by atoms with Gasteiger partial charge >= 0.3 is 0 Å². The third-order valence-corrected chi connectivity index (χ3v) is 3.50. The lowest BCUT2D eigenvalue weighted by atomic mass is 10.1. The average Bonchev–Trinajstić information content (AvgIpc) is 3.05. The molecule has 0 atom stereocenters. The number of rotatable bonds is 5. The summed E-state index contributed by atoms with van der Waals surface area (Å²) in [4.78, 5) is 12.1. The quantitative estimate of drug-likeness (QED) is 0.786. The molecule has 2 aromatic carbocycles. The summed E-state index contributed by atoms with van der Waals surface area (Å²) in [6.07, 6.45) is 0.497. The SMILES string of the molecule is Cc1ccccc1C(=O)NCCc1nnc(-c2ccccc2)o1. The van der Waals surface area contributed by atoms with Gasteiger partial charge in [0.1, 0.15) is 0 Å². The number of amides is 1. The maximum Gasteiger partial charge on any atom is 0.251 e. The molecule has 0 saturated heterocycles. The monoisotopic (exact) mass is 307 g/mol. The molecule has 23 heavy (non-hydrogen) atoms. The van der Waals surface area contributed by atoms with Crippen LogP contribution < -0.4 is 5.32 Å². The topological polar surface area (TPSA) is 68.0 Å². The van der Waals surface area contributed by atoms with E-state index in [1.54, 1.807) is 0 Å². The van der Waals surface area contributed by atoms with Gasteiger partial charge in [-0.3, -0.25) is 4.79 Å². The Bertz CT molecular complexity index is 797. The Morgan fingerprint density at radius 3 is 2.57 bits per heavy atom. The molecule has 1 aromatic heterocycles. The van der Waals surface area contributed by atoms with Gasteiger partial charge < -0.3 is 9.73 Å². The van der Waals surface area contributed by atoms with E-state index in [-0.39, 0.29) is 5.91 Å². The fourth-order valence-electron chi connectivity index (χ4n) is 2.26. The average molecular weight is 307 g/mol. The largest absolute Gasteiger partial charge is 0.421 e. The summed E-state index contributed by atoms with van der Waals surface area (Å²) in [5.74, 6) is 0.908. The standard InChI is InChI=1S/C18H17N3O2/c1-13-7-5-6-10-15(13)17(22)19-12-11-16-20-21-18(23-16)14-8-3-2-4-9-14/h2-10H,11-12H2,1H3,(H,19,22). The molecule has 5 heteroatoms. The van der Waals surface area contributed by atoms with Crippen LogP contribution in [0.5, 0.6) is 0 Å². The number of aryl methyl sites for hydroxylation is 1. The van der Waals surface area contributed by atoms with Crippen molar-refractivity contribution in [3.05, 3.63) is 71.6 Å². The van der Waals surface area contributed by atoms with Crippen molar-refractivity contribution in [3.8, 4) is 11.5 Å². The molecule has 0 aliphatic rings. The van der Waals surface area contributed by atoms with Crippen molar-refractivity contribution in [2.24, 2.45) is 0 Å². The summed E-state index contributed by atoms with van der Waals surface area (Å²) < 4.78 is 5.61. The number of nitrogens with zero attached hydrogens (tertiary/aromatic N) is 2. The number of carbonyl (C=O) groups is 1. The molecule has 0 saturated carbocycles. The van der Waals surface area contributed by atoms with E-state index in [4.69, 9.17) is 4.42 Å². The predicted octanol–water partition coefficient (Wildman–Crippen LogP) is 3.02. The number of aromatic nitrogens is 2. The molecule has 1 amide bonds. The van der Waals surface area contributed by atoms with Gasteiger partial charge in [-0.15, -0.1) is 10.2 Å². The van der Waals surface area contributed by atoms with E-state index in [0.717, 1.165) is 11.1 Å². The van der Waals surface area contributed by atoms with Gasteiger partial charge in [-0.1, -0.05) is 36.4 Å². The third-order valence-electron chi connectivity index (χ3n) is 3.50. The first-order chi connectivity index (χ1) is 11.2. The molecule has 0 bridgehead atoms. The van der Waals surface area contributed by atoms with Gasteiger partial charge in [-0.2, -0.15) is 0 Å². The molecule has 3 rings (SSSR count). The molecule has 3 aromatic rings. The Balaban J connectivity index is 1.56. The van der Waals surface area contributed by atoms with Crippen LogP contribution in [-0.2, 0) is 6.42 Å². The maximum absolute atomic E-state index is 12.1. The summed E-state index contributed by atoms with van der Waals surface area (Å²) in [7, 11) is 0. The van der Waals surface area contributed by atoms with Crippen LogP contribution in [0.15, 0.2) is 59.0 Å². The number of carbonyl (C=O) groups excluding carboxylic acids is 1. The van der Waals surface area contributed by atoms with E-state index < -0.39 is 0 Å². The number of hydrogen-bond acceptors (Lipinski definition) is 4. The van der Waals surface area contributed by atoms with Gasteiger partial charge in [0.05, 0.1) is 0 Å². The molecular formula is C18H17N3O2. The number of hydrogen-bond donors (Lipinski definition) is 1. The fourth-order valence-corrected chi connectivity index (χ4v) is 2.26. The van der Waals surface area contributed by atoms with Crippen LogP contribution in [0, 0.1) is 6.92 Å². The van der Waals surface area contributed by atoms with E-state index >= 15 is 0 Å². The van der Waals surface area contributed by atoms with Gasteiger partial charge in [-0.05, 0) is 30.7 Å². The normalized spacial score (nSPS) is 10.5.